The minimum absolute atomic E-state index is 0.606. The topological polar surface area (TPSA) is 18.5 Å². The van der Waals surface area contributed by atoms with Crippen LogP contribution in [-0.4, -0.2) is 14.2 Å². The number of methoxy groups -OCH3 is 2. The zero-order valence-electron chi connectivity index (χ0n) is 14.6. The van der Waals surface area contributed by atoms with Gasteiger partial charge in [-0.3, -0.25) is 0 Å². The van der Waals surface area contributed by atoms with Crippen molar-refractivity contribution in [3.63, 3.8) is 0 Å². The molecular weight excluding hydrogens is 272 g/mol. The number of aryl methyl sites for hydroxylation is 1. The van der Waals surface area contributed by atoms with Crippen molar-refractivity contribution in [2.24, 2.45) is 0 Å². The van der Waals surface area contributed by atoms with Gasteiger partial charge in [-0.1, -0.05) is 44.6 Å². The Kier molecular flexibility index (Phi) is 9.62. The second kappa shape index (κ2) is 11.3. The molecule has 0 aromatic heterocycles. The monoisotopic (exact) mass is 302 g/mol. The molecule has 0 aliphatic carbocycles. The fourth-order valence-corrected chi connectivity index (χ4v) is 2.50. The molecule has 0 aliphatic heterocycles. The van der Waals surface area contributed by atoms with Crippen LogP contribution in [0, 0.1) is 11.8 Å². The molecule has 1 rings (SSSR count). The molecule has 22 heavy (non-hydrogen) atoms. The highest BCUT2D eigenvalue weighted by molar-refractivity contribution is 5.49. The van der Waals surface area contributed by atoms with Gasteiger partial charge in [-0.2, -0.15) is 0 Å². The minimum atomic E-state index is 0.606. The Balaban J connectivity index is 3.16. The Morgan fingerprint density at radius 3 is 2.23 bits per heavy atom. The fourth-order valence-electron chi connectivity index (χ4n) is 2.50. The summed E-state index contributed by atoms with van der Waals surface area (Å²) in [5.41, 5.74) is 4.91. The van der Waals surface area contributed by atoms with Crippen LogP contribution < -0.4 is 0 Å². The second-order valence-corrected chi connectivity index (χ2v) is 5.66. The van der Waals surface area contributed by atoms with E-state index in [9.17, 15) is 0 Å². The van der Waals surface area contributed by atoms with Gasteiger partial charge >= 0.3 is 0 Å². The summed E-state index contributed by atoms with van der Waals surface area (Å²) in [6.07, 6.45) is 6.77. The Hall–Kier alpha value is -1.30. The molecule has 0 saturated heterocycles. The molecule has 0 radical (unpaired) electrons. The number of unbranched alkanes of at least 4 members (excludes halogenated alkanes) is 3. The van der Waals surface area contributed by atoms with Gasteiger partial charge in [-0.25, -0.2) is 0 Å². The lowest BCUT2D eigenvalue weighted by molar-refractivity contribution is 0.179. The van der Waals surface area contributed by atoms with Gasteiger partial charge in [0, 0.05) is 26.2 Å². The summed E-state index contributed by atoms with van der Waals surface area (Å²) in [5, 5.41) is 0. The predicted molar refractivity (Wildman–Crippen MR) is 92.9 cm³/mol. The Morgan fingerprint density at radius 1 is 0.909 bits per heavy atom. The summed E-state index contributed by atoms with van der Waals surface area (Å²) in [6, 6.07) is 4.43. The van der Waals surface area contributed by atoms with Crippen molar-refractivity contribution < 1.29 is 9.47 Å². The van der Waals surface area contributed by atoms with E-state index in [1.807, 2.05) is 0 Å². The van der Waals surface area contributed by atoms with Gasteiger partial charge in [-0.15, -0.1) is 0 Å². The van der Waals surface area contributed by atoms with Crippen molar-refractivity contribution in [1.82, 2.24) is 0 Å². The largest absolute Gasteiger partial charge is 0.380 e. The predicted octanol–water partition coefficient (Wildman–Crippen LogP) is 4.86. The molecule has 0 saturated carbocycles. The summed E-state index contributed by atoms with van der Waals surface area (Å²) in [5.74, 6) is 6.74. The first-order valence-corrected chi connectivity index (χ1v) is 8.38. The highest BCUT2D eigenvalue weighted by Gasteiger charge is 2.09. The van der Waals surface area contributed by atoms with Crippen LogP contribution in [0.3, 0.4) is 0 Å². The molecule has 0 fully saturated rings. The van der Waals surface area contributed by atoms with Gasteiger partial charge in [0.15, 0.2) is 0 Å². The zero-order chi connectivity index (χ0) is 16.2. The first-order valence-electron chi connectivity index (χ1n) is 8.38. The molecule has 1 aromatic rings. The lowest BCUT2D eigenvalue weighted by atomic mass is 9.94. The summed E-state index contributed by atoms with van der Waals surface area (Å²) in [4.78, 5) is 0. The minimum Gasteiger partial charge on any atom is -0.380 e. The van der Waals surface area contributed by atoms with E-state index in [0.717, 1.165) is 12.8 Å². The van der Waals surface area contributed by atoms with Gasteiger partial charge < -0.3 is 9.47 Å². The fraction of sp³-hybridized carbons (Fsp3) is 0.600. The number of hydrogen-bond donors (Lipinski definition) is 0. The highest BCUT2D eigenvalue weighted by atomic mass is 16.5. The second-order valence-electron chi connectivity index (χ2n) is 5.66. The Bertz CT molecular complexity index is 494. The maximum Gasteiger partial charge on any atom is 0.0725 e. The molecule has 2 heteroatoms. The molecule has 1 aromatic carbocycles. The normalized spacial score (nSPS) is 10.4. The van der Waals surface area contributed by atoms with Crippen LogP contribution in [0.15, 0.2) is 12.1 Å². The van der Waals surface area contributed by atoms with Gasteiger partial charge in [0.05, 0.1) is 13.2 Å². The molecule has 0 heterocycles. The van der Waals surface area contributed by atoms with E-state index >= 15 is 0 Å². The molecule has 0 atom stereocenters. The molecule has 0 bridgehead atoms. The standard InChI is InChI=1S/C20H30O2/c1-5-7-9-10-12-20-18(11-8-6-2)13-17(15-21-3)14-19(20)16-22-4/h13-14H,5-9,11,15-16H2,1-4H3. The molecule has 0 unspecified atom stereocenters. The molecule has 0 amide bonds. The molecular formula is C20H30O2. The van der Waals surface area contributed by atoms with Gasteiger partial charge in [0.2, 0.25) is 0 Å². The first kappa shape index (κ1) is 18.7. The highest BCUT2D eigenvalue weighted by Crippen LogP contribution is 2.21. The van der Waals surface area contributed by atoms with E-state index in [4.69, 9.17) is 9.47 Å². The Morgan fingerprint density at radius 2 is 1.59 bits per heavy atom. The van der Waals surface area contributed by atoms with Crippen LogP contribution in [0.5, 0.6) is 0 Å². The van der Waals surface area contributed by atoms with E-state index in [2.05, 4.69) is 37.8 Å². The van der Waals surface area contributed by atoms with Crippen LogP contribution in [0.2, 0.25) is 0 Å². The van der Waals surface area contributed by atoms with Crippen molar-refractivity contribution in [2.75, 3.05) is 14.2 Å². The Labute approximate surface area is 136 Å². The summed E-state index contributed by atoms with van der Waals surface area (Å²) in [6.45, 7) is 5.67. The summed E-state index contributed by atoms with van der Waals surface area (Å²) >= 11 is 0. The van der Waals surface area contributed by atoms with E-state index in [0.29, 0.717) is 13.2 Å². The quantitative estimate of drug-likeness (QED) is 0.479. The van der Waals surface area contributed by atoms with Gasteiger partial charge in [0.25, 0.3) is 0 Å². The molecule has 2 nitrogen and oxygen atoms in total. The number of rotatable bonds is 9. The van der Waals surface area contributed by atoms with E-state index < -0.39 is 0 Å². The van der Waals surface area contributed by atoms with Crippen LogP contribution in [0.25, 0.3) is 0 Å². The van der Waals surface area contributed by atoms with E-state index in [-0.39, 0.29) is 0 Å². The number of benzene rings is 1. The van der Waals surface area contributed by atoms with Crippen LogP contribution in [0.4, 0.5) is 0 Å². The maximum atomic E-state index is 5.38. The van der Waals surface area contributed by atoms with E-state index in [1.165, 1.54) is 47.9 Å². The smallest absolute Gasteiger partial charge is 0.0725 e. The third-order valence-electron chi connectivity index (χ3n) is 3.64. The average Bonchev–Trinajstić information content (AvgIpc) is 2.51. The molecule has 0 spiro atoms. The maximum absolute atomic E-state index is 5.38. The van der Waals surface area contributed by atoms with Crippen molar-refractivity contribution in [1.29, 1.82) is 0 Å². The lowest BCUT2D eigenvalue weighted by Gasteiger charge is -2.13. The van der Waals surface area contributed by atoms with Crippen LogP contribution in [-0.2, 0) is 29.1 Å². The molecule has 0 N–H and O–H groups in total. The SMILES string of the molecule is CCCCC#Cc1c(CCCC)cc(COC)cc1COC. The average molecular weight is 302 g/mol. The van der Waals surface area contributed by atoms with Crippen molar-refractivity contribution in [2.45, 2.75) is 65.6 Å². The van der Waals surface area contributed by atoms with Crippen molar-refractivity contribution >= 4 is 0 Å². The summed E-state index contributed by atoms with van der Waals surface area (Å²) in [7, 11) is 3.48. The third kappa shape index (κ3) is 6.22. The van der Waals surface area contributed by atoms with Gasteiger partial charge in [-0.05, 0) is 42.0 Å². The van der Waals surface area contributed by atoms with E-state index in [1.54, 1.807) is 14.2 Å². The zero-order valence-corrected chi connectivity index (χ0v) is 14.6. The van der Waals surface area contributed by atoms with Crippen molar-refractivity contribution in [3.05, 3.63) is 34.4 Å². The van der Waals surface area contributed by atoms with Crippen LogP contribution in [0.1, 0.15) is 68.2 Å². The lowest BCUT2D eigenvalue weighted by Crippen LogP contribution is -2.02. The summed E-state index contributed by atoms with van der Waals surface area (Å²) < 4.78 is 10.7. The van der Waals surface area contributed by atoms with Crippen molar-refractivity contribution in [3.8, 4) is 11.8 Å². The molecule has 0 aliphatic rings. The first-order chi connectivity index (χ1) is 10.8. The number of ether oxygens (including phenoxy) is 2. The van der Waals surface area contributed by atoms with Gasteiger partial charge in [0.1, 0.15) is 0 Å². The molecule has 122 valence electrons. The van der Waals surface area contributed by atoms with Crippen LogP contribution >= 0.6 is 0 Å². The number of hydrogen-bond acceptors (Lipinski definition) is 2. The third-order valence-corrected chi connectivity index (χ3v) is 3.64.